The van der Waals surface area contributed by atoms with E-state index in [1.165, 1.54) is 23.5 Å². The Morgan fingerprint density at radius 3 is 2.70 bits per heavy atom. The molecule has 6 heteroatoms. The molecular weight excluding hydrogens is 368 g/mol. The summed E-state index contributed by atoms with van der Waals surface area (Å²) >= 11 is 10.6. The van der Waals surface area contributed by atoms with Gasteiger partial charge in [0, 0.05) is 10.4 Å². The van der Waals surface area contributed by atoms with Gasteiger partial charge in [-0.1, -0.05) is 18.5 Å². The van der Waals surface area contributed by atoms with Crippen LogP contribution in [-0.4, -0.2) is 6.54 Å². The summed E-state index contributed by atoms with van der Waals surface area (Å²) in [7, 11) is 0. The molecule has 2 aromatic rings. The summed E-state index contributed by atoms with van der Waals surface area (Å²) in [5.74, 6) is -1.17. The van der Waals surface area contributed by atoms with Gasteiger partial charge in [0.2, 0.25) is 0 Å². The highest BCUT2D eigenvalue weighted by Crippen LogP contribution is 2.36. The molecule has 20 heavy (non-hydrogen) atoms. The monoisotopic (exact) mass is 379 g/mol. The van der Waals surface area contributed by atoms with Crippen molar-refractivity contribution in [3.63, 3.8) is 0 Å². The molecule has 0 aliphatic heterocycles. The molecule has 1 aromatic carbocycles. The molecule has 1 aromatic heterocycles. The fraction of sp³-hybridized carbons (Fsp3) is 0.286. The Bertz CT molecular complexity index is 603. The van der Waals surface area contributed by atoms with Crippen LogP contribution in [0, 0.1) is 11.6 Å². The van der Waals surface area contributed by atoms with E-state index in [1.54, 1.807) is 6.07 Å². The number of hydrogen-bond acceptors (Lipinski definition) is 2. The lowest BCUT2D eigenvalue weighted by atomic mass is 10.0. The second kappa shape index (κ2) is 6.98. The van der Waals surface area contributed by atoms with E-state index in [0.29, 0.717) is 11.6 Å². The van der Waals surface area contributed by atoms with Crippen molar-refractivity contribution in [2.24, 2.45) is 0 Å². The Morgan fingerprint density at radius 2 is 2.10 bits per heavy atom. The third kappa shape index (κ3) is 3.22. The van der Waals surface area contributed by atoms with E-state index in [2.05, 4.69) is 21.2 Å². The number of hydrogen-bond donors (Lipinski definition) is 1. The van der Waals surface area contributed by atoms with Gasteiger partial charge in [-0.2, -0.15) is 0 Å². The van der Waals surface area contributed by atoms with Crippen LogP contribution < -0.4 is 5.32 Å². The smallest absolute Gasteiger partial charge is 0.145 e. The lowest BCUT2D eigenvalue weighted by Crippen LogP contribution is -2.24. The molecular formula is C14H13BrClF2NS. The molecule has 0 bridgehead atoms. The average molecular weight is 381 g/mol. The van der Waals surface area contributed by atoms with Crippen molar-refractivity contribution >= 4 is 38.9 Å². The summed E-state index contributed by atoms with van der Waals surface area (Å²) in [5.41, 5.74) is -0.00262. The molecule has 1 heterocycles. The summed E-state index contributed by atoms with van der Waals surface area (Å²) in [6, 6.07) is 3.77. The summed E-state index contributed by atoms with van der Waals surface area (Å²) in [6.45, 7) is 2.64. The standard InChI is InChI=1S/C14H13BrClF2NS/c1-2-6-19-13(14-9(16)5-7-20-14)11-10(17)4-3-8(15)12(11)18/h3-5,7,13,19H,2,6H2,1H3. The van der Waals surface area contributed by atoms with Gasteiger partial charge < -0.3 is 5.32 Å². The second-order valence-electron chi connectivity index (χ2n) is 4.28. The van der Waals surface area contributed by atoms with Crippen LogP contribution in [0.4, 0.5) is 8.78 Å². The number of halogens is 4. The molecule has 0 spiro atoms. The van der Waals surface area contributed by atoms with Gasteiger partial charge in [0.25, 0.3) is 0 Å². The van der Waals surface area contributed by atoms with Crippen molar-refractivity contribution in [3.05, 3.63) is 55.1 Å². The topological polar surface area (TPSA) is 12.0 Å². The van der Waals surface area contributed by atoms with E-state index < -0.39 is 17.7 Å². The van der Waals surface area contributed by atoms with E-state index in [4.69, 9.17) is 11.6 Å². The first-order valence-electron chi connectivity index (χ1n) is 6.16. The normalized spacial score (nSPS) is 12.7. The Kier molecular flexibility index (Phi) is 5.55. The average Bonchev–Trinajstić information content (AvgIpc) is 2.84. The molecule has 0 aliphatic rings. The minimum absolute atomic E-state index is 0.00262. The SMILES string of the molecule is CCCNC(c1sccc1Cl)c1c(F)ccc(Br)c1F. The third-order valence-corrected chi connectivity index (χ3v) is 4.91. The first kappa shape index (κ1) is 15.9. The van der Waals surface area contributed by atoms with Crippen LogP contribution >= 0.6 is 38.9 Å². The highest BCUT2D eigenvalue weighted by molar-refractivity contribution is 9.10. The van der Waals surface area contributed by atoms with Gasteiger partial charge in [0.05, 0.1) is 15.5 Å². The predicted octanol–water partition coefficient (Wildman–Crippen LogP) is 5.53. The van der Waals surface area contributed by atoms with Crippen LogP contribution in [0.3, 0.4) is 0 Å². The zero-order chi connectivity index (χ0) is 14.7. The highest BCUT2D eigenvalue weighted by Gasteiger charge is 2.25. The minimum Gasteiger partial charge on any atom is -0.305 e. The quantitative estimate of drug-likeness (QED) is 0.672. The van der Waals surface area contributed by atoms with Crippen LogP contribution in [0.15, 0.2) is 28.1 Å². The van der Waals surface area contributed by atoms with E-state index in [1.807, 2.05) is 12.3 Å². The van der Waals surface area contributed by atoms with E-state index in [9.17, 15) is 8.78 Å². The first-order valence-corrected chi connectivity index (χ1v) is 8.21. The molecule has 1 N–H and O–H groups in total. The van der Waals surface area contributed by atoms with Crippen LogP contribution in [0.1, 0.15) is 29.8 Å². The molecule has 1 unspecified atom stereocenters. The van der Waals surface area contributed by atoms with Gasteiger partial charge in [-0.3, -0.25) is 0 Å². The lowest BCUT2D eigenvalue weighted by molar-refractivity contribution is 0.503. The Morgan fingerprint density at radius 1 is 1.35 bits per heavy atom. The number of thiophene rings is 1. The zero-order valence-corrected chi connectivity index (χ0v) is 13.9. The van der Waals surface area contributed by atoms with E-state index >= 15 is 0 Å². The molecule has 1 atom stereocenters. The molecule has 0 aliphatic carbocycles. The van der Waals surface area contributed by atoms with Gasteiger partial charge in [-0.05, 0) is 52.5 Å². The number of benzene rings is 1. The molecule has 0 saturated carbocycles. The molecule has 2 rings (SSSR count). The molecule has 1 nitrogen and oxygen atoms in total. The lowest BCUT2D eigenvalue weighted by Gasteiger charge is -2.20. The van der Waals surface area contributed by atoms with E-state index in [-0.39, 0.29) is 10.0 Å². The van der Waals surface area contributed by atoms with E-state index in [0.717, 1.165) is 11.3 Å². The maximum absolute atomic E-state index is 14.3. The fourth-order valence-corrected chi connectivity index (χ4v) is 3.53. The summed E-state index contributed by atoms with van der Waals surface area (Å²) in [6.07, 6.45) is 0.858. The van der Waals surface area contributed by atoms with Gasteiger partial charge in [0.15, 0.2) is 0 Å². The number of rotatable bonds is 5. The van der Waals surface area contributed by atoms with Gasteiger partial charge in [-0.15, -0.1) is 11.3 Å². The molecule has 108 valence electrons. The molecule has 0 fully saturated rings. The predicted molar refractivity (Wildman–Crippen MR) is 83.5 cm³/mol. The number of nitrogens with one attached hydrogen (secondary N) is 1. The largest absolute Gasteiger partial charge is 0.305 e. The maximum Gasteiger partial charge on any atom is 0.145 e. The van der Waals surface area contributed by atoms with Crippen molar-refractivity contribution in [2.45, 2.75) is 19.4 Å². The third-order valence-electron chi connectivity index (χ3n) is 2.87. The van der Waals surface area contributed by atoms with Crippen molar-refractivity contribution < 1.29 is 8.78 Å². The summed E-state index contributed by atoms with van der Waals surface area (Å²) < 4.78 is 28.6. The Hall–Kier alpha value is -0.490. The molecule has 0 amide bonds. The summed E-state index contributed by atoms with van der Waals surface area (Å²) in [5, 5.41) is 5.49. The maximum atomic E-state index is 14.3. The van der Waals surface area contributed by atoms with Gasteiger partial charge in [0.1, 0.15) is 11.6 Å². The van der Waals surface area contributed by atoms with Crippen LogP contribution in [0.25, 0.3) is 0 Å². The zero-order valence-electron chi connectivity index (χ0n) is 10.7. The summed E-state index contributed by atoms with van der Waals surface area (Å²) in [4.78, 5) is 0.719. The Balaban J connectivity index is 2.52. The van der Waals surface area contributed by atoms with Crippen LogP contribution in [-0.2, 0) is 0 Å². The molecule has 0 radical (unpaired) electrons. The van der Waals surface area contributed by atoms with Crippen molar-refractivity contribution in [1.82, 2.24) is 5.32 Å². The molecule has 0 saturated heterocycles. The minimum atomic E-state index is -0.594. The first-order chi connectivity index (χ1) is 9.56. The van der Waals surface area contributed by atoms with Crippen molar-refractivity contribution in [2.75, 3.05) is 6.54 Å². The van der Waals surface area contributed by atoms with Crippen LogP contribution in [0.2, 0.25) is 5.02 Å². The Labute approximate surface area is 134 Å². The fourth-order valence-electron chi connectivity index (χ4n) is 1.93. The van der Waals surface area contributed by atoms with Crippen molar-refractivity contribution in [1.29, 1.82) is 0 Å². The highest BCUT2D eigenvalue weighted by atomic mass is 79.9. The van der Waals surface area contributed by atoms with Gasteiger partial charge >= 0.3 is 0 Å². The second-order valence-corrected chi connectivity index (χ2v) is 6.49. The van der Waals surface area contributed by atoms with Crippen molar-refractivity contribution in [3.8, 4) is 0 Å². The van der Waals surface area contributed by atoms with Crippen LogP contribution in [0.5, 0.6) is 0 Å². The van der Waals surface area contributed by atoms with Gasteiger partial charge in [-0.25, -0.2) is 8.78 Å².